The third-order valence-electron chi connectivity index (χ3n) is 2.12. The molecule has 0 spiro atoms. The van der Waals surface area contributed by atoms with Crippen LogP contribution in [0.5, 0.6) is 0 Å². The van der Waals surface area contributed by atoms with Gasteiger partial charge in [0, 0.05) is 12.1 Å². The third kappa shape index (κ3) is 3.64. The number of nitrogens with two attached hydrogens (primary N) is 1. The molecule has 7 heteroatoms. The van der Waals surface area contributed by atoms with Crippen molar-refractivity contribution in [3.05, 3.63) is 29.0 Å². The lowest BCUT2D eigenvalue weighted by molar-refractivity contribution is 0.462. The fourth-order valence-electron chi connectivity index (χ4n) is 1.11. The smallest absolute Gasteiger partial charge is 0.241 e. The van der Waals surface area contributed by atoms with Crippen LogP contribution in [-0.4, -0.2) is 20.5 Å². The second-order valence-electron chi connectivity index (χ2n) is 4.27. The zero-order valence-corrected chi connectivity index (χ0v) is 11.1. The predicted molar refractivity (Wildman–Crippen MR) is 64.9 cm³/mol. The molecule has 0 saturated heterocycles. The number of benzene rings is 1. The largest absolute Gasteiger partial charge is 0.329 e. The lowest BCUT2D eigenvalue weighted by Gasteiger charge is -2.23. The van der Waals surface area contributed by atoms with Gasteiger partial charge in [0.05, 0.1) is 9.92 Å². The lowest BCUT2D eigenvalue weighted by atomic mass is 10.1. The number of hydrogen-bond acceptors (Lipinski definition) is 3. The van der Waals surface area contributed by atoms with Crippen LogP contribution in [0.4, 0.5) is 4.39 Å². The maximum Gasteiger partial charge on any atom is 0.241 e. The number of nitrogens with one attached hydrogen (secondary N) is 1. The Labute approximate surface area is 105 Å². The first-order valence-electron chi connectivity index (χ1n) is 4.87. The maximum atomic E-state index is 12.9. The maximum absolute atomic E-state index is 12.9. The average molecular weight is 281 g/mol. The van der Waals surface area contributed by atoms with Crippen molar-refractivity contribution in [2.75, 3.05) is 6.54 Å². The molecule has 0 aliphatic heterocycles. The van der Waals surface area contributed by atoms with E-state index in [1.807, 2.05) is 0 Å². The molecule has 0 fully saturated rings. The molecule has 0 atom stereocenters. The monoisotopic (exact) mass is 280 g/mol. The predicted octanol–water partition coefficient (Wildman–Crippen LogP) is 1.49. The van der Waals surface area contributed by atoms with Crippen molar-refractivity contribution in [1.29, 1.82) is 0 Å². The molecule has 0 aliphatic rings. The van der Waals surface area contributed by atoms with Crippen molar-refractivity contribution in [3.8, 4) is 0 Å². The summed E-state index contributed by atoms with van der Waals surface area (Å²) in [5, 5.41) is -0.238. The van der Waals surface area contributed by atoms with Gasteiger partial charge < -0.3 is 5.73 Å². The van der Waals surface area contributed by atoms with E-state index in [4.69, 9.17) is 17.3 Å². The molecule has 0 bridgehead atoms. The Morgan fingerprint density at radius 1 is 1.47 bits per heavy atom. The normalized spacial score (nSPS) is 12.8. The van der Waals surface area contributed by atoms with Gasteiger partial charge in [0.1, 0.15) is 5.82 Å². The van der Waals surface area contributed by atoms with Crippen LogP contribution in [0, 0.1) is 5.82 Å². The van der Waals surface area contributed by atoms with Gasteiger partial charge in [0.2, 0.25) is 10.0 Å². The van der Waals surface area contributed by atoms with Crippen LogP contribution in [0.2, 0.25) is 5.02 Å². The van der Waals surface area contributed by atoms with Crippen LogP contribution in [0.1, 0.15) is 13.8 Å². The van der Waals surface area contributed by atoms with Crippen molar-refractivity contribution < 1.29 is 12.8 Å². The molecule has 0 amide bonds. The molecule has 1 aromatic carbocycles. The summed E-state index contributed by atoms with van der Waals surface area (Å²) in [4.78, 5) is -0.0922. The summed E-state index contributed by atoms with van der Waals surface area (Å²) in [5.41, 5.74) is 4.65. The molecule has 4 nitrogen and oxygen atoms in total. The summed E-state index contributed by atoms with van der Waals surface area (Å²) in [6.45, 7) is 3.44. The van der Waals surface area contributed by atoms with Gasteiger partial charge in [-0.15, -0.1) is 0 Å². The highest BCUT2D eigenvalue weighted by Crippen LogP contribution is 2.20. The molecule has 0 saturated carbocycles. The second kappa shape index (κ2) is 4.89. The van der Waals surface area contributed by atoms with E-state index >= 15 is 0 Å². The van der Waals surface area contributed by atoms with Gasteiger partial charge in [0.25, 0.3) is 0 Å². The van der Waals surface area contributed by atoms with Gasteiger partial charge in [-0.1, -0.05) is 11.6 Å². The summed E-state index contributed by atoms with van der Waals surface area (Å²) >= 11 is 5.53. The molecule has 0 heterocycles. The Kier molecular flexibility index (Phi) is 4.14. The topological polar surface area (TPSA) is 72.2 Å². The van der Waals surface area contributed by atoms with Crippen LogP contribution in [0.3, 0.4) is 0 Å². The molecule has 1 aromatic rings. The highest BCUT2D eigenvalue weighted by Gasteiger charge is 2.25. The van der Waals surface area contributed by atoms with Crippen molar-refractivity contribution in [2.24, 2.45) is 5.73 Å². The molecule has 3 N–H and O–H groups in total. The number of halogens is 2. The van der Waals surface area contributed by atoms with Crippen LogP contribution >= 0.6 is 11.6 Å². The minimum atomic E-state index is -3.75. The molecule has 96 valence electrons. The van der Waals surface area contributed by atoms with Crippen molar-refractivity contribution in [2.45, 2.75) is 24.3 Å². The Hall–Kier alpha value is -0.690. The van der Waals surface area contributed by atoms with Crippen LogP contribution in [0.15, 0.2) is 23.1 Å². The zero-order valence-electron chi connectivity index (χ0n) is 9.50. The van der Waals surface area contributed by atoms with Gasteiger partial charge in [-0.2, -0.15) is 0 Å². The minimum absolute atomic E-state index is 0.0922. The summed E-state index contributed by atoms with van der Waals surface area (Å²) in [5.74, 6) is -0.663. The molecule has 0 aromatic heterocycles. The van der Waals surface area contributed by atoms with Crippen molar-refractivity contribution >= 4 is 21.6 Å². The first kappa shape index (κ1) is 14.4. The van der Waals surface area contributed by atoms with E-state index in [-0.39, 0.29) is 16.5 Å². The van der Waals surface area contributed by atoms with Gasteiger partial charge in [-0.25, -0.2) is 17.5 Å². The highest BCUT2D eigenvalue weighted by atomic mass is 35.5. The van der Waals surface area contributed by atoms with Crippen molar-refractivity contribution in [3.63, 3.8) is 0 Å². The van der Waals surface area contributed by atoms with Crippen LogP contribution < -0.4 is 10.5 Å². The third-order valence-corrected chi connectivity index (χ3v) is 4.11. The Balaban J connectivity index is 3.10. The highest BCUT2D eigenvalue weighted by molar-refractivity contribution is 7.89. The number of rotatable bonds is 4. The molecule has 17 heavy (non-hydrogen) atoms. The number of sulfonamides is 1. The quantitative estimate of drug-likeness (QED) is 0.878. The molecule has 1 rings (SSSR count). The Morgan fingerprint density at radius 2 is 2.06 bits per heavy atom. The van der Waals surface area contributed by atoms with Crippen molar-refractivity contribution in [1.82, 2.24) is 4.72 Å². The molecule has 0 radical (unpaired) electrons. The standard InChI is InChI=1S/C10H14ClFN2O2S/c1-10(2,6-13)14-17(15,16)7-3-4-9(12)8(11)5-7/h3-5,14H,6,13H2,1-2H3. The Bertz CT molecular complexity index is 517. The fourth-order valence-corrected chi connectivity index (χ4v) is 2.80. The molecule has 0 unspecified atom stereocenters. The summed E-state index contributed by atoms with van der Waals surface area (Å²) in [6.07, 6.45) is 0. The summed E-state index contributed by atoms with van der Waals surface area (Å²) in [6, 6.07) is 3.22. The van der Waals surface area contributed by atoms with E-state index in [9.17, 15) is 12.8 Å². The minimum Gasteiger partial charge on any atom is -0.329 e. The number of hydrogen-bond donors (Lipinski definition) is 2. The van der Waals surface area contributed by atoms with Gasteiger partial charge in [-0.3, -0.25) is 0 Å². The van der Waals surface area contributed by atoms with E-state index in [1.165, 1.54) is 0 Å². The van der Waals surface area contributed by atoms with Gasteiger partial charge in [-0.05, 0) is 32.0 Å². The Morgan fingerprint density at radius 3 is 2.53 bits per heavy atom. The fraction of sp³-hybridized carbons (Fsp3) is 0.400. The van der Waals surface area contributed by atoms with Gasteiger partial charge >= 0.3 is 0 Å². The zero-order chi connectivity index (χ0) is 13.3. The van der Waals surface area contributed by atoms with E-state index < -0.39 is 21.4 Å². The van der Waals surface area contributed by atoms with E-state index in [2.05, 4.69) is 4.72 Å². The molecular formula is C10H14ClFN2O2S. The SMILES string of the molecule is CC(C)(CN)NS(=O)(=O)c1ccc(F)c(Cl)c1. The van der Waals surface area contributed by atoms with E-state index in [1.54, 1.807) is 13.8 Å². The van der Waals surface area contributed by atoms with Crippen LogP contribution in [-0.2, 0) is 10.0 Å². The summed E-state index contributed by atoms with van der Waals surface area (Å²) < 4.78 is 39.2. The van der Waals surface area contributed by atoms with Gasteiger partial charge in [0.15, 0.2) is 0 Å². The van der Waals surface area contributed by atoms with E-state index in [0.717, 1.165) is 18.2 Å². The average Bonchev–Trinajstić information content (AvgIpc) is 2.20. The summed E-state index contributed by atoms with van der Waals surface area (Å²) in [7, 11) is -3.75. The second-order valence-corrected chi connectivity index (χ2v) is 6.36. The molecule has 0 aliphatic carbocycles. The molecular weight excluding hydrogens is 267 g/mol. The first-order valence-corrected chi connectivity index (χ1v) is 6.73. The first-order chi connectivity index (χ1) is 7.68. The van der Waals surface area contributed by atoms with E-state index in [0.29, 0.717) is 0 Å². The lowest BCUT2D eigenvalue weighted by Crippen LogP contribution is -2.48. The van der Waals surface area contributed by atoms with Crippen LogP contribution in [0.25, 0.3) is 0 Å².